The Morgan fingerprint density at radius 3 is 2.23 bits per heavy atom. The predicted molar refractivity (Wildman–Crippen MR) is 248 cm³/mol. The van der Waals surface area contributed by atoms with Crippen molar-refractivity contribution in [2.45, 2.75) is 198 Å². The standard InChI is InChI=1S/C50H83N3O12/c1-15-39-50(10,58)43(55)33(6)53(24-18-19-35-22-23-51-37-21-17-16-20-36(35)37)28-29(2)26-49(9,60-14)45(65-47-41(54)38(52(11)12)25-30(3)61-47)31(4)42(32(5)46(57)63-39)64-40-27-48(8,59-13)44(56)34(7)62-40/h16-17,20-23,29-34,38-45,47,54-56,58H,15,18-19,24-28H2,1-14H3/t29-,30-,31+,32-,33-,34+,38?,39-,40?,41?,42?,43?,44?,45?,47?,48?,49?,50?/m1/s1. The fourth-order valence-corrected chi connectivity index (χ4v) is 10.9. The van der Waals surface area contributed by atoms with Gasteiger partial charge >= 0.3 is 5.97 Å². The molecule has 0 amide bonds. The number of aliphatic hydroxyl groups is 4. The van der Waals surface area contributed by atoms with Gasteiger partial charge in [0.1, 0.15) is 30.0 Å². The number of esters is 1. The Labute approximate surface area is 388 Å². The van der Waals surface area contributed by atoms with Gasteiger partial charge in [-0.3, -0.25) is 14.7 Å². The van der Waals surface area contributed by atoms with E-state index in [1.54, 1.807) is 27.9 Å². The number of cyclic esters (lactones) is 1. The average Bonchev–Trinajstić information content (AvgIpc) is 3.27. The molecule has 0 bridgehead atoms. The molecule has 3 aliphatic heterocycles. The zero-order valence-electron chi connectivity index (χ0n) is 41.7. The minimum Gasteiger partial charge on any atom is -0.459 e. The summed E-state index contributed by atoms with van der Waals surface area (Å²) in [7, 11) is 7.03. The van der Waals surface area contributed by atoms with E-state index in [4.69, 9.17) is 33.2 Å². The number of ether oxygens (including phenoxy) is 7. The van der Waals surface area contributed by atoms with Gasteiger partial charge < -0.3 is 58.5 Å². The van der Waals surface area contributed by atoms with Gasteiger partial charge in [-0.25, -0.2) is 0 Å². The molecule has 5 rings (SSSR count). The first-order valence-electron chi connectivity index (χ1n) is 23.9. The molecule has 18 atom stereocenters. The maximum Gasteiger partial charge on any atom is 0.311 e. The highest BCUT2D eigenvalue weighted by Crippen LogP contribution is 2.41. The van der Waals surface area contributed by atoms with Crippen LogP contribution >= 0.6 is 0 Å². The number of pyridine rings is 1. The Morgan fingerprint density at radius 1 is 0.908 bits per heavy atom. The summed E-state index contributed by atoms with van der Waals surface area (Å²) in [6.45, 7) is 19.7. The van der Waals surface area contributed by atoms with Gasteiger partial charge in [-0.1, -0.05) is 39.0 Å². The van der Waals surface area contributed by atoms with E-state index in [9.17, 15) is 25.2 Å². The molecule has 65 heavy (non-hydrogen) atoms. The van der Waals surface area contributed by atoms with E-state index in [1.807, 2.05) is 78.0 Å². The van der Waals surface area contributed by atoms with Crippen molar-refractivity contribution in [1.29, 1.82) is 0 Å². The number of rotatable bonds is 12. The number of para-hydroxylation sites is 1. The molecule has 1 aromatic carbocycles. The Morgan fingerprint density at radius 2 is 1.58 bits per heavy atom. The third-order valence-corrected chi connectivity index (χ3v) is 15.1. The maximum absolute atomic E-state index is 14.7. The molecule has 0 radical (unpaired) electrons. The van der Waals surface area contributed by atoms with Crippen LogP contribution in [0.2, 0.25) is 0 Å². The monoisotopic (exact) mass is 918 g/mol. The zero-order chi connectivity index (χ0) is 48.2. The Hall–Kier alpha value is -2.38. The number of nitrogens with zero attached hydrogens (tertiary/aromatic N) is 3. The molecule has 15 heteroatoms. The number of aromatic nitrogens is 1. The molecule has 0 aliphatic carbocycles. The summed E-state index contributed by atoms with van der Waals surface area (Å²) in [6.07, 6.45) is -4.24. The van der Waals surface area contributed by atoms with Gasteiger partial charge in [0, 0.05) is 56.8 Å². The predicted octanol–water partition coefficient (Wildman–Crippen LogP) is 5.11. The highest BCUT2D eigenvalue weighted by atomic mass is 16.7. The van der Waals surface area contributed by atoms with Crippen LogP contribution in [-0.4, -0.2) is 173 Å². The van der Waals surface area contributed by atoms with E-state index in [2.05, 4.69) is 28.9 Å². The first-order valence-corrected chi connectivity index (χ1v) is 23.9. The van der Waals surface area contributed by atoms with Crippen LogP contribution in [0.4, 0.5) is 0 Å². The number of methoxy groups -OCH3 is 2. The van der Waals surface area contributed by atoms with E-state index >= 15 is 0 Å². The van der Waals surface area contributed by atoms with Crippen LogP contribution in [0.15, 0.2) is 36.5 Å². The number of carbonyl (C=O) groups excluding carboxylic acids is 1. The van der Waals surface area contributed by atoms with Gasteiger partial charge in [0.25, 0.3) is 0 Å². The van der Waals surface area contributed by atoms with Crippen molar-refractivity contribution >= 4 is 16.9 Å². The average molecular weight is 918 g/mol. The molecule has 15 nitrogen and oxygen atoms in total. The Balaban J connectivity index is 1.58. The molecule has 2 aromatic rings. The van der Waals surface area contributed by atoms with Crippen molar-refractivity contribution in [3.8, 4) is 0 Å². The van der Waals surface area contributed by atoms with Gasteiger partial charge in [0.05, 0.1) is 47.1 Å². The number of carbonyl (C=O) groups is 1. The molecule has 1 aromatic heterocycles. The minimum absolute atomic E-state index is 0.0709. The van der Waals surface area contributed by atoms with Crippen LogP contribution in [0.1, 0.15) is 107 Å². The van der Waals surface area contributed by atoms with Crippen molar-refractivity contribution in [2.75, 3.05) is 41.4 Å². The Bertz CT molecular complexity index is 1820. The molecule has 0 spiro atoms. The summed E-state index contributed by atoms with van der Waals surface area (Å²) in [5, 5.41) is 48.5. The number of benzene rings is 1. The normalized spacial score (nSPS) is 42.1. The van der Waals surface area contributed by atoms with Crippen LogP contribution in [0.3, 0.4) is 0 Å². The summed E-state index contributed by atoms with van der Waals surface area (Å²) in [4.78, 5) is 23.4. The first kappa shape index (κ1) is 53.6. The summed E-state index contributed by atoms with van der Waals surface area (Å²) < 4.78 is 45.3. The first-order chi connectivity index (χ1) is 30.5. The summed E-state index contributed by atoms with van der Waals surface area (Å²) in [6, 6.07) is 9.34. The minimum atomic E-state index is -1.84. The number of aryl methyl sites for hydroxylation is 1. The van der Waals surface area contributed by atoms with E-state index < -0.39 is 96.0 Å². The molecular weight excluding hydrogens is 835 g/mol. The van der Waals surface area contributed by atoms with Crippen LogP contribution in [0, 0.1) is 17.8 Å². The van der Waals surface area contributed by atoms with Crippen LogP contribution < -0.4 is 0 Å². The van der Waals surface area contributed by atoms with Gasteiger partial charge in [-0.2, -0.15) is 0 Å². The molecule has 0 saturated carbocycles. The fourth-order valence-electron chi connectivity index (χ4n) is 10.9. The SMILES string of the molecule is CC[C@H]1OC(=O)[C@H](C)C(OC2CC(C)(OC)C(O)[C@H](C)O2)[C@H](C)C(OC2O[C@H](C)CC(N(C)C)C2O)C(C)(OC)C[C@@H](C)CN(CCCc2ccnc3ccccc23)[C@H](C)C(O)C1(C)O. The lowest BCUT2D eigenvalue weighted by Gasteiger charge is -2.49. The lowest BCUT2D eigenvalue weighted by atomic mass is 9.77. The van der Waals surface area contributed by atoms with E-state index in [1.165, 1.54) is 19.6 Å². The van der Waals surface area contributed by atoms with Gasteiger partial charge in [-0.05, 0) is 125 Å². The third-order valence-electron chi connectivity index (χ3n) is 15.1. The number of aliphatic hydroxyl groups excluding tert-OH is 3. The third kappa shape index (κ3) is 12.1. The van der Waals surface area contributed by atoms with Crippen molar-refractivity contribution in [3.05, 3.63) is 42.1 Å². The molecule has 3 aliphatic rings. The smallest absolute Gasteiger partial charge is 0.311 e. The number of hydrogen-bond acceptors (Lipinski definition) is 15. The maximum atomic E-state index is 14.7. The highest BCUT2D eigenvalue weighted by Gasteiger charge is 2.53. The van der Waals surface area contributed by atoms with E-state index in [-0.39, 0.29) is 30.9 Å². The van der Waals surface area contributed by atoms with Crippen LogP contribution in [0.5, 0.6) is 0 Å². The lowest BCUT2D eigenvalue weighted by Crippen LogP contribution is -2.61. The molecule has 11 unspecified atom stereocenters. The van der Waals surface area contributed by atoms with Crippen molar-refractivity contribution in [1.82, 2.24) is 14.8 Å². The summed E-state index contributed by atoms with van der Waals surface area (Å²) in [5.74, 6) is -2.35. The second-order valence-electron chi connectivity index (χ2n) is 20.5. The fraction of sp³-hybridized carbons (Fsp3) is 0.800. The summed E-state index contributed by atoms with van der Waals surface area (Å²) >= 11 is 0. The van der Waals surface area contributed by atoms with E-state index in [0.29, 0.717) is 25.9 Å². The summed E-state index contributed by atoms with van der Waals surface area (Å²) in [5.41, 5.74) is -1.81. The number of hydrogen-bond donors (Lipinski definition) is 4. The lowest BCUT2D eigenvalue weighted by molar-refractivity contribution is -0.319. The highest BCUT2D eigenvalue weighted by molar-refractivity contribution is 5.81. The zero-order valence-corrected chi connectivity index (χ0v) is 41.7. The molecule has 4 N–H and O–H groups in total. The topological polar surface area (TPSA) is 182 Å². The van der Waals surface area contributed by atoms with E-state index in [0.717, 1.165) is 23.7 Å². The number of fused-ring (bicyclic) bond motifs is 1. The van der Waals surface area contributed by atoms with Crippen LogP contribution in [-0.2, 0) is 44.4 Å². The van der Waals surface area contributed by atoms with Gasteiger partial charge in [0.15, 0.2) is 12.6 Å². The van der Waals surface area contributed by atoms with Gasteiger partial charge in [0.2, 0.25) is 0 Å². The van der Waals surface area contributed by atoms with Crippen molar-refractivity contribution < 1.29 is 58.4 Å². The van der Waals surface area contributed by atoms with Crippen LogP contribution in [0.25, 0.3) is 10.9 Å². The second kappa shape index (κ2) is 22.4. The second-order valence-corrected chi connectivity index (χ2v) is 20.5. The number of likely N-dealkylation sites (N-methyl/N-ethyl adjacent to an activating group) is 1. The van der Waals surface area contributed by atoms with Crippen molar-refractivity contribution in [3.63, 3.8) is 0 Å². The largest absolute Gasteiger partial charge is 0.459 e. The molecule has 3 saturated heterocycles. The molecule has 370 valence electrons. The van der Waals surface area contributed by atoms with Gasteiger partial charge in [-0.15, -0.1) is 0 Å². The molecule has 4 heterocycles. The molecule has 3 fully saturated rings. The quantitative estimate of drug-likeness (QED) is 0.206. The van der Waals surface area contributed by atoms with Crippen molar-refractivity contribution in [2.24, 2.45) is 17.8 Å². The molecular formula is C50H83N3O12. The Kier molecular flexibility index (Phi) is 18.4.